The van der Waals surface area contributed by atoms with Crippen molar-refractivity contribution < 1.29 is 32.1 Å². The Labute approximate surface area is 196 Å². The monoisotopic (exact) mass is 485 g/mol. The van der Waals surface area contributed by atoms with Crippen molar-refractivity contribution in [2.75, 3.05) is 18.9 Å². The van der Waals surface area contributed by atoms with E-state index in [9.17, 15) is 32.9 Å². The van der Waals surface area contributed by atoms with E-state index in [1.165, 1.54) is 48.7 Å². The van der Waals surface area contributed by atoms with Gasteiger partial charge in [0.05, 0.1) is 28.4 Å². The van der Waals surface area contributed by atoms with Crippen LogP contribution in [0.2, 0.25) is 0 Å². The van der Waals surface area contributed by atoms with E-state index in [2.05, 4.69) is 5.32 Å². The predicted molar refractivity (Wildman–Crippen MR) is 117 cm³/mol. The van der Waals surface area contributed by atoms with Crippen LogP contribution in [-0.4, -0.2) is 35.1 Å². The Morgan fingerprint density at radius 3 is 2.60 bits per heavy atom. The highest BCUT2D eigenvalue weighted by Crippen LogP contribution is 2.57. The van der Waals surface area contributed by atoms with Crippen LogP contribution in [0.4, 0.5) is 24.5 Å². The number of Topliss-reactive ketones (excluding diaryl/α,β-unsaturated/α-hetero) is 1. The fraction of sp³-hybridized carbons (Fsp3) is 0.250. The molecule has 1 fully saturated rings. The minimum atomic E-state index is -4.73. The molecule has 0 aliphatic carbocycles. The normalized spacial score (nSPS) is 23.9. The smallest absolute Gasteiger partial charge is 0.418 e. The van der Waals surface area contributed by atoms with Gasteiger partial charge in [-0.3, -0.25) is 24.6 Å². The summed E-state index contributed by atoms with van der Waals surface area (Å²) in [4.78, 5) is 39.7. The molecule has 11 heteroatoms. The third-order valence-corrected chi connectivity index (χ3v) is 6.85. The first-order chi connectivity index (χ1) is 16.6. The van der Waals surface area contributed by atoms with Gasteiger partial charge in [-0.05, 0) is 30.8 Å². The summed E-state index contributed by atoms with van der Waals surface area (Å²) in [6.45, 7) is 0.0847. The first-order valence-corrected chi connectivity index (χ1v) is 10.6. The number of alkyl halides is 3. The molecule has 1 aromatic heterocycles. The zero-order chi connectivity index (χ0) is 25.1. The van der Waals surface area contributed by atoms with E-state index in [1.54, 1.807) is 18.0 Å². The highest BCUT2D eigenvalue weighted by Gasteiger charge is 2.65. The number of rotatable bonds is 4. The fourth-order valence-electron chi connectivity index (χ4n) is 5.44. The number of nitro benzene ring substituents is 1. The van der Waals surface area contributed by atoms with Crippen LogP contribution in [0.3, 0.4) is 0 Å². The summed E-state index contributed by atoms with van der Waals surface area (Å²) in [5, 5.41) is 13.7. The lowest BCUT2D eigenvalue weighted by Crippen LogP contribution is -2.51. The maximum atomic E-state index is 13.8. The molecular weight excluding hydrogens is 467 g/mol. The first kappa shape index (κ1) is 22.8. The molecule has 3 aromatic rings. The van der Waals surface area contributed by atoms with Gasteiger partial charge in [0.1, 0.15) is 5.54 Å². The number of ketones is 1. The minimum Gasteiger partial charge on any atom is -0.461 e. The van der Waals surface area contributed by atoms with E-state index in [0.717, 1.165) is 6.07 Å². The molecule has 180 valence electrons. The molecule has 0 saturated carbocycles. The Morgan fingerprint density at radius 2 is 1.94 bits per heavy atom. The first-order valence-electron chi connectivity index (χ1n) is 10.6. The van der Waals surface area contributed by atoms with Crippen LogP contribution < -0.4 is 5.32 Å². The van der Waals surface area contributed by atoms with Crippen LogP contribution in [0.25, 0.3) is 0 Å². The van der Waals surface area contributed by atoms with Gasteiger partial charge in [-0.25, -0.2) is 0 Å². The number of hydrogen-bond acceptors (Lipinski definition) is 6. The number of carbonyl (C=O) groups is 2. The average molecular weight is 485 g/mol. The van der Waals surface area contributed by atoms with E-state index < -0.39 is 51.4 Å². The topological polar surface area (TPSA) is 106 Å². The van der Waals surface area contributed by atoms with Gasteiger partial charge in [0.2, 0.25) is 11.7 Å². The number of hydrogen-bond donors (Lipinski definition) is 1. The molecule has 5 rings (SSSR count). The van der Waals surface area contributed by atoms with Crippen molar-refractivity contribution in [3.8, 4) is 0 Å². The number of carbonyl (C=O) groups excluding carboxylic acids is 2. The highest BCUT2D eigenvalue weighted by molar-refractivity contribution is 6.12. The number of non-ortho nitro benzene ring substituents is 1. The van der Waals surface area contributed by atoms with E-state index in [0.29, 0.717) is 5.56 Å². The number of para-hydroxylation sites is 1. The van der Waals surface area contributed by atoms with Gasteiger partial charge in [-0.15, -0.1) is 0 Å². The van der Waals surface area contributed by atoms with Gasteiger partial charge in [0.15, 0.2) is 5.76 Å². The van der Waals surface area contributed by atoms with Crippen molar-refractivity contribution in [1.29, 1.82) is 0 Å². The average Bonchev–Trinajstić information content (AvgIpc) is 3.51. The summed E-state index contributed by atoms with van der Waals surface area (Å²) in [5.41, 5.74) is -2.95. The number of fused-ring (bicyclic) bond motifs is 2. The Bertz CT molecular complexity index is 1350. The zero-order valence-corrected chi connectivity index (χ0v) is 18.2. The van der Waals surface area contributed by atoms with Crippen LogP contribution in [0, 0.1) is 16.0 Å². The maximum Gasteiger partial charge on any atom is 0.418 e. The van der Waals surface area contributed by atoms with Gasteiger partial charge in [-0.2, -0.15) is 13.2 Å². The molecule has 2 aromatic carbocycles. The van der Waals surface area contributed by atoms with Gasteiger partial charge in [-0.1, -0.05) is 24.3 Å². The van der Waals surface area contributed by atoms with Crippen molar-refractivity contribution in [2.24, 2.45) is 5.92 Å². The lowest BCUT2D eigenvalue weighted by molar-refractivity contribution is -0.384. The second kappa shape index (κ2) is 7.77. The lowest BCUT2D eigenvalue weighted by atomic mass is 9.71. The molecule has 2 aliphatic heterocycles. The Hall–Kier alpha value is -3.99. The number of halogens is 3. The van der Waals surface area contributed by atoms with Crippen LogP contribution in [-0.2, 0) is 16.5 Å². The molecule has 2 aliphatic rings. The van der Waals surface area contributed by atoms with Crippen LogP contribution in [0.5, 0.6) is 0 Å². The van der Waals surface area contributed by atoms with Crippen LogP contribution >= 0.6 is 0 Å². The highest BCUT2D eigenvalue weighted by atomic mass is 19.4. The van der Waals surface area contributed by atoms with Gasteiger partial charge in [0.25, 0.3) is 5.69 Å². The maximum absolute atomic E-state index is 13.8. The third-order valence-electron chi connectivity index (χ3n) is 6.85. The van der Waals surface area contributed by atoms with Gasteiger partial charge < -0.3 is 9.73 Å². The summed E-state index contributed by atoms with van der Waals surface area (Å²) in [7, 11) is 1.55. The van der Waals surface area contributed by atoms with Crippen molar-refractivity contribution in [3.63, 3.8) is 0 Å². The standard InChI is InChI=1S/C24H18F3N3O5/c1-29-12-15(13-5-2-6-14(11-13)30(33)34)19(21(31)18-9-4-10-35-18)23(29)16-7-3-8-17(24(25,26)27)20(16)28-22(23)32/h2-11,15,19H,12H2,1H3,(H,28,32)/t15-,19-,23+/m1/s1. The lowest BCUT2D eigenvalue weighted by Gasteiger charge is -2.35. The summed E-state index contributed by atoms with van der Waals surface area (Å²) in [6, 6.07) is 12.1. The van der Waals surface area contributed by atoms with Crippen molar-refractivity contribution in [3.05, 3.63) is 93.4 Å². The molecule has 1 saturated heterocycles. The Balaban J connectivity index is 1.75. The molecule has 35 heavy (non-hydrogen) atoms. The summed E-state index contributed by atoms with van der Waals surface area (Å²) in [5.74, 6) is -3.39. The number of furan rings is 1. The number of nitro groups is 1. The van der Waals surface area contributed by atoms with E-state index in [4.69, 9.17) is 4.42 Å². The van der Waals surface area contributed by atoms with Crippen molar-refractivity contribution >= 4 is 23.1 Å². The van der Waals surface area contributed by atoms with Crippen LogP contribution in [0.1, 0.15) is 33.2 Å². The van der Waals surface area contributed by atoms with Gasteiger partial charge in [0, 0.05) is 30.2 Å². The molecule has 1 spiro atoms. The summed E-state index contributed by atoms with van der Waals surface area (Å²) < 4.78 is 46.6. The molecule has 1 amide bonds. The van der Waals surface area contributed by atoms with Crippen molar-refractivity contribution in [2.45, 2.75) is 17.6 Å². The number of nitrogens with one attached hydrogen (secondary N) is 1. The summed E-state index contributed by atoms with van der Waals surface area (Å²) in [6.07, 6.45) is -3.45. The molecule has 3 atom stereocenters. The molecule has 0 radical (unpaired) electrons. The SMILES string of the molecule is CN1C[C@H](c2cccc([N+](=O)[O-])c2)[C@H](C(=O)c2ccco2)[C@@]12C(=O)Nc1c(C(F)(F)F)cccc12. The number of anilines is 1. The Kier molecular flexibility index (Phi) is 5.06. The molecule has 8 nitrogen and oxygen atoms in total. The quantitative estimate of drug-likeness (QED) is 0.329. The molecule has 0 bridgehead atoms. The second-order valence-electron chi connectivity index (χ2n) is 8.60. The predicted octanol–water partition coefficient (Wildman–Crippen LogP) is 4.58. The number of likely N-dealkylation sites (tertiary alicyclic amines) is 1. The zero-order valence-electron chi connectivity index (χ0n) is 18.2. The largest absolute Gasteiger partial charge is 0.461 e. The minimum absolute atomic E-state index is 0.0256. The van der Waals surface area contributed by atoms with E-state index in [-0.39, 0.29) is 23.6 Å². The molecule has 1 N–H and O–H groups in total. The number of benzene rings is 2. The van der Waals surface area contributed by atoms with E-state index >= 15 is 0 Å². The fourth-order valence-corrected chi connectivity index (χ4v) is 5.44. The molecular formula is C24H18F3N3O5. The van der Waals surface area contributed by atoms with Crippen LogP contribution in [0.15, 0.2) is 65.3 Å². The number of amides is 1. The van der Waals surface area contributed by atoms with Gasteiger partial charge >= 0.3 is 6.18 Å². The second-order valence-corrected chi connectivity index (χ2v) is 8.60. The number of nitrogens with zero attached hydrogens (tertiary/aromatic N) is 2. The molecule has 0 unspecified atom stereocenters. The number of likely N-dealkylation sites (N-methyl/N-ethyl adjacent to an activating group) is 1. The third kappa shape index (κ3) is 3.26. The van der Waals surface area contributed by atoms with E-state index in [1.807, 2.05) is 0 Å². The van der Waals surface area contributed by atoms with Crippen molar-refractivity contribution in [1.82, 2.24) is 4.90 Å². The Morgan fingerprint density at radius 1 is 1.20 bits per heavy atom. The molecule has 3 heterocycles. The summed E-state index contributed by atoms with van der Waals surface area (Å²) >= 11 is 0.